The number of aromatic nitrogens is 3. The normalized spacial score (nSPS) is 17.4. The van der Waals surface area contributed by atoms with Gasteiger partial charge in [0.05, 0.1) is 23.7 Å². The predicted octanol–water partition coefficient (Wildman–Crippen LogP) is 5.86. The molecule has 13 heteroatoms. The van der Waals surface area contributed by atoms with Crippen molar-refractivity contribution in [1.82, 2.24) is 15.1 Å². The summed E-state index contributed by atoms with van der Waals surface area (Å²) in [5.74, 6) is 0.488. The van der Waals surface area contributed by atoms with Gasteiger partial charge >= 0.3 is 12.0 Å². The summed E-state index contributed by atoms with van der Waals surface area (Å²) in [7, 11) is -1.98. The largest absolute Gasteiger partial charge is 0.469 e. The van der Waals surface area contributed by atoms with Crippen molar-refractivity contribution in [3.63, 3.8) is 0 Å². The lowest BCUT2D eigenvalue weighted by molar-refractivity contribution is -0.139. The lowest BCUT2D eigenvalue weighted by Gasteiger charge is -2.30. The van der Waals surface area contributed by atoms with Crippen LogP contribution in [0.25, 0.3) is 15.8 Å². The van der Waals surface area contributed by atoms with Crippen molar-refractivity contribution in [1.29, 1.82) is 0 Å². The number of hydrogen-bond acceptors (Lipinski definition) is 12. The average molecular weight is 588 g/mol. The van der Waals surface area contributed by atoms with Crippen LogP contribution in [0.5, 0.6) is 5.19 Å². The maximum atomic E-state index is 11.3. The summed E-state index contributed by atoms with van der Waals surface area (Å²) in [4.78, 5) is 26.9. The number of hydrogen-bond donors (Lipinski definition) is 2. The number of aliphatic imine (C=N–C) groups is 1. The van der Waals surface area contributed by atoms with Gasteiger partial charge in [0.15, 0.2) is 5.82 Å². The van der Waals surface area contributed by atoms with Gasteiger partial charge in [-0.2, -0.15) is 4.98 Å². The first-order valence-electron chi connectivity index (χ1n) is 13.1. The molecule has 1 aromatic carbocycles. The molecule has 3 aromatic rings. The van der Waals surface area contributed by atoms with Gasteiger partial charge in [0, 0.05) is 43.8 Å². The Morgan fingerprint density at radius 3 is 2.80 bits per heavy atom. The summed E-state index contributed by atoms with van der Waals surface area (Å²) in [6.07, 6.45) is 5.47. The first-order valence-corrected chi connectivity index (χ1v) is 15.6. The van der Waals surface area contributed by atoms with Crippen molar-refractivity contribution in [2.75, 3.05) is 31.6 Å². The molecule has 0 saturated carbocycles. The van der Waals surface area contributed by atoms with E-state index in [1.54, 1.807) is 6.08 Å². The molecular weight excluding hydrogens is 554 g/mol. The number of esters is 1. The zero-order valence-corrected chi connectivity index (χ0v) is 24.3. The number of methoxy groups -OCH3 is 1. The zero-order valence-electron chi connectivity index (χ0n) is 22.6. The van der Waals surface area contributed by atoms with Gasteiger partial charge in [-0.05, 0) is 35.8 Å². The number of anilines is 1. The van der Waals surface area contributed by atoms with Gasteiger partial charge < -0.3 is 18.9 Å². The lowest BCUT2D eigenvalue weighted by Crippen LogP contribution is -2.38. The molecule has 0 bridgehead atoms. The highest BCUT2D eigenvalue weighted by molar-refractivity contribution is 8.39. The maximum Gasteiger partial charge on any atom is 0.324 e. The number of nitrogens with zero attached hydrogens (tertiary/aromatic N) is 5. The van der Waals surface area contributed by atoms with Crippen LogP contribution < -0.4 is 9.64 Å². The molecule has 5 rings (SSSR count). The van der Waals surface area contributed by atoms with Crippen LogP contribution in [0.15, 0.2) is 45.3 Å². The van der Waals surface area contributed by atoms with Crippen LogP contribution in [0.4, 0.5) is 6.01 Å². The fourth-order valence-corrected chi connectivity index (χ4v) is 6.47. The molecular formula is C27H33N5O6S2. The van der Waals surface area contributed by atoms with Crippen LogP contribution in [0.1, 0.15) is 56.8 Å². The molecule has 0 amide bonds. The maximum absolute atomic E-state index is 11.3. The molecule has 2 N–H and O–H groups in total. The van der Waals surface area contributed by atoms with Crippen LogP contribution in [0, 0.1) is 0 Å². The Labute approximate surface area is 238 Å². The number of rotatable bonds is 8. The number of thiazole rings is 1. The highest BCUT2D eigenvalue weighted by Gasteiger charge is 2.26. The van der Waals surface area contributed by atoms with Crippen LogP contribution >= 0.6 is 21.9 Å². The minimum absolute atomic E-state index is 0.0421. The quantitative estimate of drug-likeness (QED) is 0.307. The molecule has 40 heavy (non-hydrogen) atoms. The van der Waals surface area contributed by atoms with E-state index in [4.69, 9.17) is 9.26 Å². The molecule has 1 fully saturated rings. The number of ether oxygens (including phenoxy) is 2. The molecule has 0 spiro atoms. The van der Waals surface area contributed by atoms with Gasteiger partial charge in [0.25, 0.3) is 5.19 Å². The van der Waals surface area contributed by atoms with Gasteiger partial charge in [-0.15, -0.1) is 10.6 Å². The first-order chi connectivity index (χ1) is 19.2. The third-order valence-electron chi connectivity index (χ3n) is 6.72. The molecule has 0 aliphatic carbocycles. The molecule has 11 nitrogen and oxygen atoms in total. The van der Waals surface area contributed by atoms with E-state index in [-0.39, 0.29) is 23.5 Å². The Bertz CT molecular complexity index is 1450. The molecule has 0 atom stereocenters. The SMILES string of the molecule is COC(=O)CC=CS(O)(O)C1=NCCC(c2ccc3nc(OC4CCN(c5nc(C(C)C)no5)CC4)sc3c2)=C1. The number of fused-ring (bicyclic) bond motifs is 1. The van der Waals surface area contributed by atoms with E-state index in [0.29, 0.717) is 24.2 Å². The second-order valence-electron chi connectivity index (χ2n) is 9.94. The molecule has 2 aliphatic heterocycles. The molecule has 2 aromatic heterocycles. The third kappa shape index (κ3) is 6.54. The van der Waals surface area contributed by atoms with E-state index < -0.39 is 16.6 Å². The van der Waals surface area contributed by atoms with Gasteiger partial charge in [-0.25, -0.2) is 4.98 Å². The minimum Gasteiger partial charge on any atom is -0.469 e. The van der Waals surface area contributed by atoms with Crippen LogP contribution in [0.3, 0.4) is 0 Å². The summed E-state index contributed by atoms with van der Waals surface area (Å²) < 4.78 is 38.5. The second-order valence-corrected chi connectivity index (χ2v) is 12.8. The van der Waals surface area contributed by atoms with Crippen molar-refractivity contribution in [2.24, 2.45) is 4.99 Å². The fourth-order valence-electron chi connectivity index (χ4n) is 4.44. The summed E-state index contributed by atoms with van der Waals surface area (Å²) in [6, 6.07) is 6.56. The number of benzene rings is 1. The number of carbonyl (C=O) groups is 1. The second kappa shape index (κ2) is 12.1. The topological polar surface area (TPSA) is 143 Å². The average Bonchev–Trinajstić information content (AvgIpc) is 3.60. The highest BCUT2D eigenvalue weighted by atomic mass is 32.3. The van der Waals surface area contributed by atoms with E-state index in [1.165, 1.54) is 29.9 Å². The van der Waals surface area contributed by atoms with Gasteiger partial charge in [-0.3, -0.25) is 18.9 Å². The van der Waals surface area contributed by atoms with Crippen molar-refractivity contribution >= 4 is 54.7 Å². The number of piperidine rings is 1. The minimum atomic E-state index is -3.27. The molecule has 2 aliphatic rings. The fraction of sp³-hybridized carbons (Fsp3) is 0.444. The van der Waals surface area contributed by atoms with Crippen molar-refractivity contribution in [3.05, 3.63) is 47.1 Å². The number of dihydropyridines is 1. The summed E-state index contributed by atoms with van der Waals surface area (Å²) in [5.41, 5.74) is 2.78. The lowest BCUT2D eigenvalue weighted by atomic mass is 10.0. The van der Waals surface area contributed by atoms with E-state index in [0.717, 1.165) is 53.1 Å². The number of carbonyl (C=O) groups excluding carboxylic acids is 1. The molecule has 4 heterocycles. The third-order valence-corrected chi connectivity index (χ3v) is 9.06. The van der Waals surface area contributed by atoms with Gasteiger partial charge in [0.2, 0.25) is 0 Å². The smallest absolute Gasteiger partial charge is 0.324 e. The van der Waals surface area contributed by atoms with E-state index >= 15 is 0 Å². The first kappa shape index (κ1) is 28.3. The Hall–Kier alpha value is -3.26. The van der Waals surface area contributed by atoms with Crippen molar-refractivity contribution in [2.45, 2.75) is 51.6 Å². The van der Waals surface area contributed by atoms with Gasteiger partial charge in [0.1, 0.15) is 11.1 Å². The monoisotopic (exact) mass is 587 g/mol. The van der Waals surface area contributed by atoms with Crippen molar-refractivity contribution in [3.8, 4) is 5.19 Å². The van der Waals surface area contributed by atoms with Crippen LogP contribution in [-0.4, -0.2) is 68.1 Å². The Morgan fingerprint density at radius 2 is 2.08 bits per heavy atom. The standard InChI is InChI=1S/C27H33N5O6S2/c1-17(2)25-30-26(38-31-25)32-12-9-20(10-13-32)37-27-29-21-7-6-18(15-22(21)39-27)19-8-11-28-23(16-19)40(34,35)14-4-5-24(33)36-3/h4,6-7,14-17,20,34-35H,5,8-13H2,1-3H3. The summed E-state index contributed by atoms with van der Waals surface area (Å²) in [5, 5.41) is 6.13. The van der Waals surface area contributed by atoms with E-state index in [9.17, 15) is 13.9 Å². The predicted molar refractivity (Wildman–Crippen MR) is 157 cm³/mol. The van der Waals surface area contributed by atoms with Crippen LogP contribution in [-0.2, 0) is 9.53 Å². The molecule has 0 unspecified atom stereocenters. The van der Waals surface area contributed by atoms with Crippen LogP contribution in [0.2, 0.25) is 0 Å². The van der Waals surface area contributed by atoms with E-state index in [2.05, 4.69) is 35.8 Å². The molecule has 1 saturated heterocycles. The zero-order chi connectivity index (χ0) is 28.3. The summed E-state index contributed by atoms with van der Waals surface area (Å²) >= 11 is 1.50. The Balaban J connectivity index is 1.22. The highest BCUT2D eigenvalue weighted by Crippen LogP contribution is 2.45. The molecule has 0 radical (unpaired) electrons. The van der Waals surface area contributed by atoms with Crippen molar-refractivity contribution < 1.29 is 27.9 Å². The van der Waals surface area contributed by atoms with E-state index in [1.807, 2.05) is 26.0 Å². The summed E-state index contributed by atoms with van der Waals surface area (Å²) in [6.45, 7) is 6.07. The van der Waals surface area contributed by atoms with Gasteiger partial charge in [-0.1, -0.05) is 42.5 Å². The Kier molecular flexibility index (Phi) is 8.54. The Morgan fingerprint density at radius 1 is 1.27 bits per heavy atom. The molecule has 214 valence electrons.